The maximum atomic E-state index is 12.5. The van der Waals surface area contributed by atoms with E-state index in [9.17, 15) is 13.2 Å². The van der Waals surface area contributed by atoms with Crippen LogP contribution >= 0.6 is 22.9 Å². The van der Waals surface area contributed by atoms with E-state index in [4.69, 9.17) is 16.3 Å². The van der Waals surface area contributed by atoms with Gasteiger partial charge in [-0.3, -0.25) is 4.79 Å². The molecule has 1 amide bonds. The van der Waals surface area contributed by atoms with Crippen molar-refractivity contribution in [3.63, 3.8) is 0 Å². The van der Waals surface area contributed by atoms with Gasteiger partial charge >= 0.3 is 0 Å². The van der Waals surface area contributed by atoms with E-state index >= 15 is 0 Å². The lowest BCUT2D eigenvalue weighted by Gasteiger charge is -2.17. The second kappa shape index (κ2) is 8.96. The lowest BCUT2D eigenvalue weighted by atomic mass is 10.2. The molecular weight excluding hydrogens is 396 g/mol. The maximum absolute atomic E-state index is 12.5. The number of halogens is 1. The Bertz CT molecular complexity index is 850. The number of carbonyl (C=O) groups excluding carboxylic acids is 1. The van der Waals surface area contributed by atoms with Crippen LogP contribution < -0.4 is 4.72 Å². The molecule has 6 nitrogen and oxygen atoms in total. The number of nitrogens with zero attached hydrogens (tertiary/aromatic N) is 1. The van der Waals surface area contributed by atoms with Crippen LogP contribution in [0, 0.1) is 0 Å². The topological polar surface area (TPSA) is 75.7 Å². The van der Waals surface area contributed by atoms with Gasteiger partial charge in [0.25, 0.3) is 5.91 Å². The summed E-state index contributed by atoms with van der Waals surface area (Å²) in [5.74, 6) is -0.195. The fraction of sp³-hybridized carbons (Fsp3) is 0.353. The van der Waals surface area contributed by atoms with Gasteiger partial charge < -0.3 is 9.64 Å². The second-order valence-electron chi connectivity index (χ2n) is 5.87. The summed E-state index contributed by atoms with van der Waals surface area (Å²) in [6.07, 6.45) is 0. The summed E-state index contributed by atoms with van der Waals surface area (Å²) < 4.78 is 32.7. The third-order valence-electron chi connectivity index (χ3n) is 3.55. The number of methoxy groups -OCH3 is 1. The predicted octanol–water partition coefficient (Wildman–Crippen LogP) is 2.99. The standard InChI is InChI=1S/C17H21ClN2O4S2/c1-12(11-24-3)19-26(22,23)15-7-4-13(5-8-15)17(21)20(2)10-14-6-9-16(18)25-14/h4-9,12,19H,10-11H2,1-3H3/t12-/m1/s1. The van der Waals surface area contributed by atoms with Gasteiger partial charge in [-0.2, -0.15) is 0 Å². The number of amides is 1. The zero-order chi connectivity index (χ0) is 19.3. The molecule has 0 fully saturated rings. The van der Waals surface area contributed by atoms with Crippen molar-refractivity contribution in [1.29, 1.82) is 0 Å². The van der Waals surface area contributed by atoms with Crippen molar-refractivity contribution in [2.24, 2.45) is 0 Å². The van der Waals surface area contributed by atoms with E-state index in [1.165, 1.54) is 42.7 Å². The van der Waals surface area contributed by atoms with Gasteiger partial charge in [-0.1, -0.05) is 11.6 Å². The van der Waals surface area contributed by atoms with E-state index in [1.807, 2.05) is 6.07 Å². The summed E-state index contributed by atoms with van der Waals surface area (Å²) in [6.45, 7) is 2.42. The Morgan fingerprint density at radius 3 is 2.46 bits per heavy atom. The van der Waals surface area contributed by atoms with Gasteiger partial charge in [0, 0.05) is 30.6 Å². The average molecular weight is 417 g/mol. The van der Waals surface area contributed by atoms with E-state index in [1.54, 1.807) is 24.9 Å². The Labute approximate surface area is 162 Å². The number of benzene rings is 1. The molecule has 0 saturated carbocycles. The average Bonchev–Trinajstić information content (AvgIpc) is 2.99. The first-order valence-electron chi connectivity index (χ1n) is 7.84. The fourth-order valence-electron chi connectivity index (χ4n) is 2.36. The Morgan fingerprint density at radius 1 is 1.27 bits per heavy atom. The third kappa shape index (κ3) is 5.52. The highest BCUT2D eigenvalue weighted by Crippen LogP contribution is 2.23. The van der Waals surface area contributed by atoms with Crippen LogP contribution in [0.1, 0.15) is 22.2 Å². The van der Waals surface area contributed by atoms with Crippen LogP contribution in [-0.2, 0) is 21.3 Å². The van der Waals surface area contributed by atoms with Gasteiger partial charge in [0.15, 0.2) is 0 Å². The van der Waals surface area contributed by atoms with E-state index in [-0.39, 0.29) is 23.5 Å². The number of ether oxygens (including phenoxy) is 1. The summed E-state index contributed by atoms with van der Waals surface area (Å²) in [6, 6.07) is 9.17. The third-order valence-corrected chi connectivity index (χ3v) is 6.37. The highest BCUT2D eigenvalue weighted by molar-refractivity contribution is 7.89. The lowest BCUT2D eigenvalue weighted by molar-refractivity contribution is 0.0786. The van der Waals surface area contributed by atoms with Crippen molar-refractivity contribution in [2.75, 3.05) is 20.8 Å². The minimum absolute atomic E-state index is 0.102. The molecule has 1 heterocycles. The number of rotatable bonds is 8. The van der Waals surface area contributed by atoms with Gasteiger partial charge in [0.05, 0.1) is 22.4 Å². The van der Waals surface area contributed by atoms with Gasteiger partial charge in [0.2, 0.25) is 10.0 Å². The molecule has 0 radical (unpaired) electrons. The Balaban J connectivity index is 2.06. The molecule has 1 aromatic heterocycles. The van der Waals surface area contributed by atoms with Gasteiger partial charge in [0.1, 0.15) is 0 Å². The monoisotopic (exact) mass is 416 g/mol. The first-order valence-corrected chi connectivity index (χ1v) is 10.5. The van der Waals surface area contributed by atoms with Crippen LogP contribution in [-0.4, -0.2) is 46.0 Å². The van der Waals surface area contributed by atoms with E-state index in [0.29, 0.717) is 16.4 Å². The molecule has 2 aromatic rings. The van der Waals surface area contributed by atoms with E-state index in [0.717, 1.165) is 4.88 Å². The highest BCUT2D eigenvalue weighted by atomic mass is 35.5. The van der Waals surface area contributed by atoms with E-state index in [2.05, 4.69) is 4.72 Å². The van der Waals surface area contributed by atoms with Gasteiger partial charge in [-0.25, -0.2) is 13.1 Å². The largest absolute Gasteiger partial charge is 0.383 e. The molecule has 0 aliphatic rings. The van der Waals surface area contributed by atoms with Crippen LogP contribution in [0.2, 0.25) is 4.34 Å². The predicted molar refractivity (Wildman–Crippen MR) is 103 cm³/mol. The molecular formula is C17H21ClN2O4S2. The van der Waals surface area contributed by atoms with Gasteiger partial charge in [-0.05, 0) is 43.3 Å². The summed E-state index contributed by atoms with van der Waals surface area (Å²) in [7, 11) is -0.463. The quantitative estimate of drug-likeness (QED) is 0.717. The molecule has 0 unspecified atom stereocenters. The second-order valence-corrected chi connectivity index (χ2v) is 9.38. The molecule has 0 bridgehead atoms. The maximum Gasteiger partial charge on any atom is 0.253 e. The molecule has 1 atom stereocenters. The van der Waals surface area contributed by atoms with Crippen molar-refractivity contribution >= 4 is 38.9 Å². The van der Waals surface area contributed by atoms with Crippen LogP contribution in [0.4, 0.5) is 0 Å². The number of nitrogens with one attached hydrogen (secondary N) is 1. The van der Waals surface area contributed by atoms with Crippen molar-refractivity contribution in [2.45, 2.75) is 24.4 Å². The van der Waals surface area contributed by atoms with Crippen LogP contribution in [0.25, 0.3) is 0 Å². The number of sulfonamides is 1. The Kier molecular flexibility index (Phi) is 7.19. The molecule has 142 valence electrons. The van der Waals surface area contributed by atoms with Crippen LogP contribution in [0.5, 0.6) is 0 Å². The van der Waals surface area contributed by atoms with E-state index < -0.39 is 10.0 Å². The molecule has 1 N–H and O–H groups in total. The minimum Gasteiger partial charge on any atom is -0.383 e. The molecule has 9 heteroatoms. The van der Waals surface area contributed by atoms with Crippen LogP contribution in [0.3, 0.4) is 0 Å². The normalized spacial score (nSPS) is 12.8. The number of hydrogen-bond donors (Lipinski definition) is 1. The first-order chi connectivity index (χ1) is 12.2. The number of hydrogen-bond acceptors (Lipinski definition) is 5. The smallest absolute Gasteiger partial charge is 0.253 e. The highest BCUT2D eigenvalue weighted by Gasteiger charge is 2.19. The summed E-state index contributed by atoms with van der Waals surface area (Å²) in [5.41, 5.74) is 0.416. The molecule has 0 aliphatic heterocycles. The first kappa shape index (κ1) is 20.9. The number of carbonyl (C=O) groups is 1. The van der Waals surface area contributed by atoms with Crippen molar-refractivity contribution in [3.8, 4) is 0 Å². The summed E-state index contributed by atoms with van der Waals surface area (Å²) in [5, 5.41) is 0. The summed E-state index contributed by atoms with van der Waals surface area (Å²) >= 11 is 7.32. The summed E-state index contributed by atoms with van der Waals surface area (Å²) in [4.78, 5) is 15.1. The van der Waals surface area contributed by atoms with Crippen molar-refractivity contribution in [3.05, 3.63) is 51.2 Å². The Hall–Kier alpha value is -1.45. The van der Waals surface area contributed by atoms with Gasteiger partial charge in [-0.15, -0.1) is 11.3 Å². The molecule has 1 aromatic carbocycles. The minimum atomic E-state index is -3.66. The molecule has 2 rings (SSSR count). The number of thiophene rings is 1. The molecule has 0 saturated heterocycles. The fourth-order valence-corrected chi connectivity index (χ4v) is 4.73. The molecule has 26 heavy (non-hydrogen) atoms. The van der Waals surface area contributed by atoms with Crippen LogP contribution in [0.15, 0.2) is 41.3 Å². The SMILES string of the molecule is COC[C@@H](C)NS(=O)(=O)c1ccc(C(=O)N(C)Cc2ccc(Cl)s2)cc1. The van der Waals surface area contributed by atoms with Crippen molar-refractivity contribution < 1.29 is 17.9 Å². The van der Waals surface area contributed by atoms with Crippen molar-refractivity contribution in [1.82, 2.24) is 9.62 Å². The molecule has 0 spiro atoms. The molecule has 0 aliphatic carbocycles. The zero-order valence-corrected chi connectivity index (χ0v) is 17.1. The zero-order valence-electron chi connectivity index (χ0n) is 14.7. The Morgan fingerprint density at radius 2 is 1.92 bits per heavy atom. The lowest BCUT2D eigenvalue weighted by Crippen LogP contribution is -2.35.